The number of aromatic nitrogens is 1. The highest BCUT2D eigenvalue weighted by Gasteiger charge is 2.50. The van der Waals surface area contributed by atoms with Crippen molar-refractivity contribution in [3.63, 3.8) is 0 Å². The lowest BCUT2D eigenvalue weighted by atomic mass is 9.87. The number of hydrogen-bond acceptors (Lipinski definition) is 4. The van der Waals surface area contributed by atoms with E-state index in [1.54, 1.807) is 0 Å². The van der Waals surface area contributed by atoms with Crippen LogP contribution in [0.4, 0.5) is 18.9 Å². The minimum Gasteiger partial charge on any atom is -0.396 e. The van der Waals surface area contributed by atoms with Gasteiger partial charge >= 0.3 is 0 Å². The Hall–Kier alpha value is -2.55. The molecule has 2 unspecified atom stereocenters. The summed E-state index contributed by atoms with van der Waals surface area (Å²) in [5.41, 5.74) is 3.42. The number of aromatic amines is 1. The number of nitrogens with one attached hydrogen (secondary N) is 2. The highest BCUT2D eigenvalue weighted by molar-refractivity contribution is 5.85. The molecule has 3 aromatic rings. The number of hydrogen-bond donors (Lipinski definition) is 3. The fourth-order valence-electron chi connectivity index (χ4n) is 6.37. The number of para-hydroxylation sites is 1. The van der Waals surface area contributed by atoms with Crippen LogP contribution in [0.2, 0.25) is 0 Å². The molecule has 192 valence electrons. The van der Waals surface area contributed by atoms with Crippen LogP contribution in [0.1, 0.15) is 42.6 Å². The summed E-state index contributed by atoms with van der Waals surface area (Å²) >= 11 is 0. The molecule has 0 radical (unpaired) electrons. The van der Waals surface area contributed by atoms with Crippen molar-refractivity contribution in [2.75, 3.05) is 38.2 Å². The van der Waals surface area contributed by atoms with Crippen molar-refractivity contribution in [2.24, 2.45) is 5.92 Å². The number of aliphatic hydroxyl groups excluding tert-OH is 1. The van der Waals surface area contributed by atoms with Gasteiger partial charge in [-0.25, -0.2) is 8.78 Å². The Morgan fingerprint density at radius 3 is 2.58 bits per heavy atom. The van der Waals surface area contributed by atoms with E-state index in [0.29, 0.717) is 18.7 Å². The maximum absolute atomic E-state index is 15.8. The Morgan fingerprint density at radius 1 is 1.14 bits per heavy atom. The Bertz CT molecular complexity index is 1230. The number of aliphatic hydroxyl groups is 1. The first kappa shape index (κ1) is 23.8. The van der Waals surface area contributed by atoms with Crippen LogP contribution in [0, 0.1) is 17.6 Å². The van der Waals surface area contributed by atoms with E-state index in [0.717, 1.165) is 48.1 Å². The molecule has 3 N–H and O–H groups in total. The second kappa shape index (κ2) is 9.39. The Labute approximate surface area is 209 Å². The van der Waals surface area contributed by atoms with Gasteiger partial charge in [0.05, 0.1) is 18.8 Å². The van der Waals surface area contributed by atoms with Gasteiger partial charge in [0.25, 0.3) is 0 Å². The van der Waals surface area contributed by atoms with Crippen molar-refractivity contribution in [1.29, 1.82) is 0 Å². The third-order valence-corrected chi connectivity index (χ3v) is 8.22. The molecule has 8 heteroatoms. The largest absolute Gasteiger partial charge is 0.396 e. The standard InChI is InChI=1S/C28H33F3N4O/c1-16-9-21-20-5-2-3-6-24(20)33-27(21)28(35(16)25-10-17(25)15-36)26-22(30)11-18(12-23(26)31)32-19-13-34(14-19)8-4-7-29/h2-3,5-6,11-12,16-17,19,25,28,32-33,36H,4,7-10,13-15H2,1H3/t16?,17-,25?,28+/m0/s1. The van der Waals surface area contributed by atoms with E-state index in [4.69, 9.17) is 0 Å². The first-order valence-electron chi connectivity index (χ1n) is 13.0. The first-order chi connectivity index (χ1) is 17.5. The minimum atomic E-state index is -0.591. The summed E-state index contributed by atoms with van der Waals surface area (Å²) < 4.78 is 44.0. The minimum absolute atomic E-state index is 0.0571. The van der Waals surface area contributed by atoms with Crippen LogP contribution >= 0.6 is 0 Å². The topological polar surface area (TPSA) is 54.5 Å². The van der Waals surface area contributed by atoms with Gasteiger partial charge in [-0.2, -0.15) is 0 Å². The quantitative estimate of drug-likeness (QED) is 0.424. The van der Waals surface area contributed by atoms with Gasteiger partial charge in [-0.05, 0) is 55.9 Å². The van der Waals surface area contributed by atoms with Crippen LogP contribution in [0.15, 0.2) is 36.4 Å². The highest BCUT2D eigenvalue weighted by atomic mass is 19.1. The Balaban J connectivity index is 1.34. The molecule has 2 fully saturated rings. The molecule has 4 atom stereocenters. The summed E-state index contributed by atoms with van der Waals surface area (Å²) in [4.78, 5) is 7.83. The predicted molar refractivity (Wildman–Crippen MR) is 135 cm³/mol. The molecule has 0 amide bonds. The molecular formula is C28H33F3N4O. The van der Waals surface area contributed by atoms with Crippen molar-refractivity contribution in [3.8, 4) is 0 Å². The van der Waals surface area contributed by atoms with Crippen molar-refractivity contribution < 1.29 is 18.3 Å². The maximum Gasteiger partial charge on any atom is 0.133 e. The monoisotopic (exact) mass is 498 g/mol. The molecule has 0 bridgehead atoms. The fourth-order valence-corrected chi connectivity index (χ4v) is 6.37. The third kappa shape index (κ3) is 4.09. The van der Waals surface area contributed by atoms with Crippen molar-refractivity contribution in [3.05, 3.63) is 64.9 Å². The van der Waals surface area contributed by atoms with E-state index in [1.807, 2.05) is 18.2 Å². The van der Waals surface area contributed by atoms with E-state index in [9.17, 15) is 9.50 Å². The molecule has 5 nitrogen and oxygen atoms in total. The van der Waals surface area contributed by atoms with E-state index in [1.165, 1.54) is 12.1 Å². The number of rotatable bonds is 8. The molecule has 1 aliphatic carbocycles. The second-order valence-electron chi connectivity index (χ2n) is 10.7. The molecule has 2 aromatic carbocycles. The zero-order chi connectivity index (χ0) is 25.0. The van der Waals surface area contributed by atoms with Crippen molar-refractivity contribution in [2.45, 2.75) is 50.4 Å². The van der Waals surface area contributed by atoms with Gasteiger partial charge in [0, 0.05) is 66.2 Å². The number of benzene rings is 2. The molecule has 1 aromatic heterocycles. The van der Waals surface area contributed by atoms with Gasteiger partial charge in [-0.1, -0.05) is 18.2 Å². The zero-order valence-corrected chi connectivity index (χ0v) is 20.5. The fraction of sp³-hybridized carbons (Fsp3) is 0.500. The van der Waals surface area contributed by atoms with Gasteiger partial charge in [0.2, 0.25) is 0 Å². The average Bonchev–Trinajstić information content (AvgIpc) is 3.52. The molecule has 3 aliphatic rings. The summed E-state index contributed by atoms with van der Waals surface area (Å²) in [6.07, 6.45) is 2.12. The molecule has 6 rings (SSSR count). The number of H-pyrrole nitrogens is 1. The lowest BCUT2D eigenvalue weighted by Gasteiger charge is -2.42. The molecule has 36 heavy (non-hydrogen) atoms. The SMILES string of the molecule is CC1Cc2c([nH]c3ccccc23)[C@@H](c2c(F)cc(NC3CN(CCCF)C3)cc2F)N1C1C[C@H]1CO. The normalized spacial score (nSPS) is 26.7. The lowest BCUT2D eigenvalue weighted by Crippen LogP contribution is -2.54. The van der Waals surface area contributed by atoms with Crippen molar-refractivity contribution >= 4 is 16.6 Å². The van der Waals surface area contributed by atoms with Gasteiger partial charge < -0.3 is 15.4 Å². The van der Waals surface area contributed by atoms with E-state index in [2.05, 4.69) is 33.1 Å². The van der Waals surface area contributed by atoms with Crippen LogP contribution in [0.3, 0.4) is 0 Å². The Kier molecular flexibility index (Phi) is 6.22. The zero-order valence-electron chi connectivity index (χ0n) is 20.5. The molecular weight excluding hydrogens is 465 g/mol. The maximum atomic E-state index is 15.8. The number of likely N-dealkylation sites (tertiary alicyclic amines) is 1. The molecule has 2 aliphatic heterocycles. The number of fused-ring (bicyclic) bond motifs is 3. The van der Waals surface area contributed by atoms with Gasteiger partial charge in [0.1, 0.15) is 11.6 Å². The van der Waals surface area contributed by atoms with Crippen LogP contribution in [0.25, 0.3) is 10.9 Å². The Morgan fingerprint density at radius 2 is 1.89 bits per heavy atom. The summed E-state index contributed by atoms with van der Waals surface area (Å²) in [5.74, 6) is -1.01. The number of halogens is 3. The smallest absolute Gasteiger partial charge is 0.133 e. The molecule has 0 spiro atoms. The van der Waals surface area contributed by atoms with E-state index >= 15 is 8.78 Å². The number of anilines is 1. The number of nitrogens with zero attached hydrogens (tertiary/aromatic N) is 2. The molecule has 1 saturated carbocycles. The summed E-state index contributed by atoms with van der Waals surface area (Å²) in [5, 5.41) is 14.1. The summed E-state index contributed by atoms with van der Waals surface area (Å²) in [6, 6.07) is 10.5. The van der Waals surface area contributed by atoms with Gasteiger partial charge in [-0.15, -0.1) is 0 Å². The summed E-state index contributed by atoms with van der Waals surface area (Å²) in [6.45, 7) is 4.04. The van der Waals surface area contributed by atoms with E-state index in [-0.39, 0.29) is 42.9 Å². The summed E-state index contributed by atoms with van der Waals surface area (Å²) in [7, 11) is 0. The van der Waals surface area contributed by atoms with Crippen molar-refractivity contribution in [1.82, 2.24) is 14.8 Å². The van der Waals surface area contributed by atoms with Crippen LogP contribution in [-0.2, 0) is 6.42 Å². The highest BCUT2D eigenvalue weighted by Crippen LogP contribution is 2.49. The predicted octanol–water partition coefficient (Wildman–Crippen LogP) is 4.62. The van der Waals surface area contributed by atoms with Gasteiger partial charge in [-0.3, -0.25) is 14.2 Å². The van der Waals surface area contributed by atoms with Crippen LogP contribution in [-0.4, -0.2) is 70.9 Å². The first-order valence-corrected chi connectivity index (χ1v) is 13.0. The second-order valence-corrected chi connectivity index (χ2v) is 10.7. The van der Waals surface area contributed by atoms with E-state index < -0.39 is 17.7 Å². The lowest BCUT2D eigenvalue weighted by molar-refractivity contribution is 0.118. The third-order valence-electron chi connectivity index (χ3n) is 8.22. The molecule has 1 saturated heterocycles. The van der Waals surface area contributed by atoms with Crippen LogP contribution in [0.5, 0.6) is 0 Å². The number of alkyl halides is 1. The average molecular weight is 499 g/mol. The molecule has 3 heterocycles. The van der Waals surface area contributed by atoms with Crippen LogP contribution < -0.4 is 5.32 Å². The van der Waals surface area contributed by atoms with Gasteiger partial charge in [0.15, 0.2) is 0 Å².